The molecule has 1 N–H and O–H groups in total. The summed E-state index contributed by atoms with van der Waals surface area (Å²) in [6.07, 6.45) is 0. The second-order valence-electron chi connectivity index (χ2n) is 6.41. The Labute approximate surface area is 139 Å². The summed E-state index contributed by atoms with van der Waals surface area (Å²) in [6.45, 7) is 8.24. The van der Waals surface area contributed by atoms with Crippen molar-refractivity contribution >= 4 is 6.03 Å². The fraction of sp³-hybridized carbons (Fsp3) is 0.350. The lowest BCUT2D eigenvalue weighted by atomic mass is 9.85. The number of carbonyl (C=O) groups is 1. The highest BCUT2D eigenvalue weighted by Gasteiger charge is 2.22. The number of urea groups is 1. The average Bonchev–Trinajstić information content (AvgIpc) is 2.59. The zero-order valence-corrected chi connectivity index (χ0v) is 14.3. The second kappa shape index (κ2) is 7.82. The maximum atomic E-state index is 12.5. The van der Waals surface area contributed by atoms with Gasteiger partial charge in [-0.3, -0.25) is 0 Å². The largest absolute Gasteiger partial charge is 0.337 e. The minimum Gasteiger partial charge on any atom is -0.337 e. The summed E-state index contributed by atoms with van der Waals surface area (Å²) in [6, 6.07) is 20.4. The Morgan fingerprint density at radius 3 is 2.13 bits per heavy atom. The van der Waals surface area contributed by atoms with Gasteiger partial charge in [0, 0.05) is 25.0 Å². The molecule has 0 aliphatic heterocycles. The van der Waals surface area contributed by atoms with E-state index in [1.807, 2.05) is 60.4 Å². The Bertz CT molecular complexity index is 608. The van der Waals surface area contributed by atoms with Gasteiger partial charge in [-0.1, -0.05) is 74.5 Å². The molecule has 0 aliphatic rings. The Morgan fingerprint density at radius 1 is 1.00 bits per heavy atom. The standard InChI is InChI=1S/C20H26N2O/c1-4-22(15-17-11-7-5-8-12-17)19(23)21-16-20(2,3)18-13-9-6-10-14-18/h5-14H,4,15-16H2,1-3H3,(H,21,23). The molecule has 2 aromatic carbocycles. The van der Waals surface area contributed by atoms with Crippen LogP contribution in [0.4, 0.5) is 4.79 Å². The summed E-state index contributed by atoms with van der Waals surface area (Å²) in [5, 5.41) is 3.08. The minimum atomic E-state index is -0.0942. The summed E-state index contributed by atoms with van der Waals surface area (Å²) >= 11 is 0. The van der Waals surface area contributed by atoms with Crippen molar-refractivity contribution < 1.29 is 4.79 Å². The first-order valence-corrected chi connectivity index (χ1v) is 8.15. The van der Waals surface area contributed by atoms with Gasteiger partial charge < -0.3 is 10.2 Å². The predicted molar refractivity (Wildman–Crippen MR) is 95.4 cm³/mol. The van der Waals surface area contributed by atoms with Crippen LogP contribution in [-0.4, -0.2) is 24.0 Å². The summed E-state index contributed by atoms with van der Waals surface area (Å²) in [5.74, 6) is 0. The molecule has 2 amide bonds. The quantitative estimate of drug-likeness (QED) is 0.852. The number of benzene rings is 2. The predicted octanol–water partition coefficient (Wildman–Crippen LogP) is 4.20. The zero-order chi connectivity index (χ0) is 16.7. The van der Waals surface area contributed by atoms with Crippen LogP contribution in [0.2, 0.25) is 0 Å². The van der Waals surface area contributed by atoms with Gasteiger partial charge in [0.1, 0.15) is 0 Å². The third-order valence-corrected chi connectivity index (χ3v) is 4.12. The first-order valence-electron chi connectivity index (χ1n) is 8.15. The average molecular weight is 310 g/mol. The van der Waals surface area contributed by atoms with E-state index in [2.05, 4.69) is 31.3 Å². The molecule has 0 fully saturated rings. The topological polar surface area (TPSA) is 32.3 Å². The van der Waals surface area contributed by atoms with Gasteiger partial charge in [-0.15, -0.1) is 0 Å². The van der Waals surface area contributed by atoms with Crippen molar-refractivity contribution in [3.63, 3.8) is 0 Å². The number of amides is 2. The van der Waals surface area contributed by atoms with Gasteiger partial charge in [-0.2, -0.15) is 0 Å². The smallest absolute Gasteiger partial charge is 0.317 e. The summed E-state index contributed by atoms with van der Waals surface area (Å²) in [4.78, 5) is 14.3. The molecule has 0 unspecified atom stereocenters. The lowest BCUT2D eigenvalue weighted by molar-refractivity contribution is 0.195. The van der Waals surface area contributed by atoms with E-state index in [0.717, 1.165) is 5.56 Å². The molecule has 0 aromatic heterocycles. The normalized spacial score (nSPS) is 11.1. The summed E-state index contributed by atoms with van der Waals surface area (Å²) < 4.78 is 0. The van der Waals surface area contributed by atoms with E-state index in [1.54, 1.807) is 0 Å². The minimum absolute atomic E-state index is 0.0136. The second-order valence-corrected chi connectivity index (χ2v) is 6.41. The van der Waals surface area contributed by atoms with Gasteiger partial charge in [-0.05, 0) is 18.1 Å². The van der Waals surface area contributed by atoms with Crippen LogP contribution in [-0.2, 0) is 12.0 Å². The zero-order valence-electron chi connectivity index (χ0n) is 14.3. The summed E-state index contributed by atoms with van der Waals surface area (Å²) in [5.41, 5.74) is 2.28. The van der Waals surface area contributed by atoms with E-state index < -0.39 is 0 Å². The number of carbonyl (C=O) groups excluding carboxylic acids is 1. The van der Waals surface area contributed by atoms with E-state index in [4.69, 9.17) is 0 Å². The van der Waals surface area contributed by atoms with Crippen molar-refractivity contribution in [2.75, 3.05) is 13.1 Å². The molecule has 3 heteroatoms. The molecule has 2 aromatic rings. The number of nitrogens with zero attached hydrogens (tertiary/aromatic N) is 1. The van der Waals surface area contributed by atoms with E-state index in [0.29, 0.717) is 19.6 Å². The lowest BCUT2D eigenvalue weighted by Crippen LogP contribution is -2.44. The van der Waals surface area contributed by atoms with Crippen LogP contribution in [0.15, 0.2) is 60.7 Å². The molecule has 2 rings (SSSR count). The maximum absolute atomic E-state index is 12.5. The molecular formula is C20H26N2O. The van der Waals surface area contributed by atoms with Crippen molar-refractivity contribution in [2.24, 2.45) is 0 Å². The van der Waals surface area contributed by atoms with Crippen molar-refractivity contribution in [1.82, 2.24) is 10.2 Å². The SMILES string of the molecule is CCN(Cc1ccccc1)C(=O)NCC(C)(C)c1ccccc1. The maximum Gasteiger partial charge on any atom is 0.317 e. The molecular weight excluding hydrogens is 284 g/mol. The Balaban J connectivity index is 1.94. The van der Waals surface area contributed by atoms with E-state index in [1.165, 1.54) is 5.56 Å². The monoisotopic (exact) mass is 310 g/mol. The Hall–Kier alpha value is -2.29. The van der Waals surface area contributed by atoms with Crippen molar-refractivity contribution in [3.05, 3.63) is 71.8 Å². The molecule has 0 atom stereocenters. The first kappa shape index (κ1) is 17.1. The Morgan fingerprint density at radius 2 is 1.57 bits per heavy atom. The van der Waals surface area contributed by atoms with E-state index >= 15 is 0 Å². The fourth-order valence-electron chi connectivity index (χ4n) is 2.53. The van der Waals surface area contributed by atoms with Crippen LogP contribution >= 0.6 is 0 Å². The van der Waals surface area contributed by atoms with Gasteiger partial charge in [-0.25, -0.2) is 4.79 Å². The fourth-order valence-corrected chi connectivity index (χ4v) is 2.53. The molecule has 122 valence electrons. The number of rotatable bonds is 6. The molecule has 0 heterocycles. The molecule has 3 nitrogen and oxygen atoms in total. The van der Waals surface area contributed by atoms with Gasteiger partial charge in [0.25, 0.3) is 0 Å². The van der Waals surface area contributed by atoms with Crippen molar-refractivity contribution in [2.45, 2.75) is 32.7 Å². The number of nitrogens with one attached hydrogen (secondary N) is 1. The van der Waals surface area contributed by atoms with Crippen LogP contribution in [0.1, 0.15) is 31.9 Å². The third-order valence-electron chi connectivity index (χ3n) is 4.12. The van der Waals surface area contributed by atoms with Gasteiger partial charge in [0.2, 0.25) is 0 Å². The molecule has 0 saturated heterocycles. The number of hydrogen-bond donors (Lipinski definition) is 1. The van der Waals surface area contributed by atoms with Crippen LogP contribution < -0.4 is 5.32 Å². The van der Waals surface area contributed by atoms with Crippen LogP contribution in [0.25, 0.3) is 0 Å². The lowest BCUT2D eigenvalue weighted by Gasteiger charge is -2.28. The molecule has 0 aliphatic carbocycles. The first-order chi connectivity index (χ1) is 11.0. The highest BCUT2D eigenvalue weighted by molar-refractivity contribution is 5.74. The van der Waals surface area contributed by atoms with Crippen LogP contribution in [0.5, 0.6) is 0 Å². The van der Waals surface area contributed by atoms with Gasteiger partial charge in [0.05, 0.1) is 0 Å². The summed E-state index contributed by atoms with van der Waals surface area (Å²) in [7, 11) is 0. The third kappa shape index (κ3) is 4.85. The van der Waals surface area contributed by atoms with Gasteiger partial charge in [0.15, 0.2) is 0 Å². The van der Waals surface area contributed by atoms with Crippen molar-refractivity contribution in [1.29, 1.82) is 0 Å². The molecule has 0 bridgehead atoms. The molecule has 0 radical (unpaired) electrons. The Kier molecular flexibility index (Phi) is 5.80. The highest BCUT2D eigenvalue weighted by Crippen LogP contribution is 2.21. The molecule has 0 spiro atoms. The highest BCUT2D eigenvalue weighted by atomic mass is 16.2. The van der Waals surface area contributed by atoms with E-state index in [9.17, 15) is 4.79 Å². The van der Waals surface area contributed by atoms with Crippen molar-refractivity contribution in [3.8, 4) is 0 Å². The molecule has 23 heavy (non-hydrogen) atoms. The van der Waals surface area contributed by atoms with Crippen LogP contribution in [0, 0.1) is 0 Å². The van der Waals surface area contributed by atoms with Crippen LogP contribution in [0.3, 0.4) is 0 Å². The van der Waals surface area contributed by atoms with Gasteiger partial charge >= 0.3 is 6.03 Å². The van der Waals surface area contributed by atoms with E-state index in [-0.39, 0.29) is 11.4 Å². The molecule has 0 saturated carbocycles. The number of hydrogen-bond acceptors (Lipinski definition) is 1.